The number of hydrogen-bond acceptors (Lipinski definition) is 2. The van der Waals surface area contributed by atoms with Crippen molar-refractivity contribution in [1.29, 1.82) is 0 Å². The van der Waals surface area contributed by atoms with Crippen LogP contribution in [0.15, 0.2) is 18.2 Å². The third-order valence-corrected chi connectivity index (χ3v) is 2.86. The quantitative estimate of drug-likeness (QED) is 0.740. The fourth-order valence-corrected chi connectivity index (χ4v) is 1.67. The number of benzene rings is 1. The molecule has 0 fully saturated rings. The molecule has 1 atom stereocenters. The van der Waals surface area contributed by atoms with Crippen LogP contribution in [-0.2, 0) is 6.54 Å². The topological polar surface area (TPSA) is 61.4 Å². The maximum atomic E-state index is 13.3. The Balaban J connectivity index is 2.35. The summed E-state index contributed by atoms with van der Waals surface area (Å²) in [5.74, 6) is -0.268. The maximum Gasteiger partial charge on any atom is 0.315 e. The van der Waals surface area contributed by atoms with Gasteiger partial charge >= 0.3 is 6.03 Å². The van der Waals surface area contributed by atoms with Gasteiger partial charge in [0.1, 0.15) is 5.82 Å². The SMILES string of the molecule is Cc1ccc(CNC(=O)NC(C)CCCO)cc1F. The van der Waals surface area contributed by atoms with E-state index >= 15 is 0 Å². The van der Waals surface area contributed by atoms with Gasteiger partial charge in [0.05, 0.1) is 0 Å². The number of aryl methyl sites for hydroxylation is 1. The second-order valence-corrected chi connectivity index (χ2v) is 4.68. The fourth-order valence-electron chi connectivity index (χ4n) is 1.67. The van der Waals surface area contributed by atoms with Crippen LogP contribution < -0.4 is 10.6 Å². The highest BCUT2D eigenvalue weighted by Crippen LogP contribution is 2.08. The first-order valence-electron chi connectivity index (χ1n) is 6.43. The molecule has 0 aliphatic rings. The first-order chi connectivity index (χ1) is 9.02. The molecule has 0 saturated heterocycles. The van der Waals surface area contributed by atoms with Crippen LogP contribution in [0, 0.1) is 12.7 Å². The molecule has 0 heterocycles. The van der Waals surface area contributed by atoms with Crippen LogP contribution in [0.5, 0.6) is 0 Å². The largest absolute Gasteiger partial charge is 0.396 e. The molecular weight excluding hydrogens is 247 g/mol. The number of amides is 2. The van der Waals surface area contributed by atoms with Crippen molar-refractivity contribution in [3.05, 3.63) is 35.1 Å². The lowest BCUT2D eigenvalue weighted by Crippen LogP contribution is -2.40. The van der Waals surface area contributed by atoms with Crippen LogP contribution in [0.25, 0.3) is 0 Å². The van der Waals surface area contributed by atoms with Gasteiger partial charge in [-0.2, -0.15) is 0 Å². The van der Waals surface area contributed by atoms with E-state index in [2.05, 4.69) is 10.6 Å². The van der Waals surface area contributed by atoms with E-state index < -0.39 is 0 Å². The summed E-state index contributed by atoms with van der Waals surface area (Å²) in [4.78, 5) is 11.6. The van der Waals surface area contributed by atoms with Crippen LogP contribution in [0.4, 0.5) is 9.18 Å². The molecule has 5 heteroatoms. The molecule has 1 aromatic carbocycles. The number of aliphatic hydroxyl groups is 1. The third kappa shape index (κ3) is 5.70. The average molecular weight is 268 g/mol. The highest BCUT2D eigenvalue weighted by Gasteiger charge is 2.07. The standard InChI is InChI=1S/C14H21FN2O2/c1-10-5-6-12(8-13(10)15)9-16-14(19)17-11(2)4-3-7-18/h5-6,8,11,18H,3-4,7,9H2,1-2H3,(H2,16,17,19). The number of urea groups is 1. The second kappa shape index (κ2) is 7.74. The number of halogens is 1. The van der Waals surface area contributed by atoms with Gasteiger partial charge in [0.2, 0.25) is 0 Å². The Morgan fingerprint density at radius 3 is 2.84 bits per heavy atom. The van der Waals surface area contributed by atoms with Gasteiger partial charge in [-0.05, 0) is 43.9 Å². The maximum absolute atomic E-state index is 13.3. The van der Waals surface area contributed by atoms with E-state index in [0.717, 1.165) is 12.0 Å². The summed E-state index contributed by atoms with van der Waals surface area (Å²) in [5, 5.41) is 14.1. The van der Waals surface area contributed by atoms with Gasteiger partial charge in [-0.1, -0.05) is 12.1 Å². The lowest BCUT2D eigenvalue weighted by atomic mass is 10.1. The molecule has 1 rings (SSSR count). The van der Waals surface area contributed by atoms with Gasteiger partial charge in [0.15, 0.2) is 0 Å². The highest BCUT2D eigenvalue weighted by atomic mass is 19.1. The molecule has 106 valence electrons. The van der Waals surface area contributed by atoms with Crippen LogP contribution in [0.1, 0.15) is 30.9 Å². The zero-order chi connectivity index (χ0) is 14.3. The molecule has 2 amide bonds. The van der Waals surface area contributed by atoms with Gasteiger partial charge < -0.3 is 15.7 Å². The Morgan fingerprint density at radius 2 is 2.21 bits per heavy atom. The number of carbonyl (C=O) groups is 1. The number of nitrogens with one attached hydrogen (secondary N) is 2. The summed E-state index contributed by atoms with van der Waals surface area (Å²) in [7, 11) is 0. The van der Waals surface area contributed by atoms with Crippen molar-refractivity contribution in [2.75, 3.05) is 6.61 Å². The first kappa shape index (κ1) is 15.4. The van der Waals surface area contributed by atoms with Gasteiger partial charge in [0.25, 0.3) is 0 Å². The third-order valence-electron chi connectivity index (χ3n) is 2.86. The van der Waals surface area contributed by atoms with E-state index in [1.807, 2.05) is 6.92 Å². The summed E-state index contributed by atoms with van der Waals surface area (Å²) in [6.07, 6.45) is 1.38. The second-order valence-electron chi connectivity index (χ2n) is 4.68. The number of rotatable bonds is 6. The van der Waals surface area contributed by atoms with E-state index in [9.17, 15) is 9.18 Å². The van der Waals surface area contributed by atoms with Gasteiger partial charge in [-0.3, -0.25) is 0 Å². The highest BCUT2D eigenvalue weighted by molar-refractivity contribution is 5.74. The van der Waals surface area contributed by atoms with Crippen LogP contribution in [0.3, 0.4) is 0 Å². The van der Waals surface area contributed by atoms with E-state index in [4.69, 9.17) is 5.11 Å². The van der Waals surface area contributed by atoms with Gasteiger partial charge in [-0.15, -0.1) is 0 Å². The molecule has 0 aromatic heterocycles. The minimum Gasteiger partial charge on any atom is -0.396 e. The molecule has 1 aromatic rings. The number of hydrogen-bond donors (Lipinski definition) is 3. The molecule has 0 saturated carbocycles. The molecule has 0 bridgehead atoms. The van der Waals surface area contributed by atoms with Gasteiger partial charge in [0, 0.05) is 19.2 Å². The van der Waals surface area contributed by atoms with Crippen LogP contribution >= 0.6 is 0 Å². The lowest BCUT2D eigenvalue weighted by molar-refractivity contribution is 0.234. The molecule has 19 heavy (non-hydrogen) atoms. The van der Waals surface area contributed by atoms with Crippen molar-refractivity contribution in [3.63, 3.8) is 0 Å². The zero-order valence-corrected chi connectivity index (χ0v) is 11.4. The summed E-state index contributed by atoms with van der Waals surface area (Å²) < 4.78 is 13.3. The zero-order valence-electron chi connectivity index (χ0n) is 11.4. The van der Waals surface area contributed by atoms with Crippen LogP contribution in [-0.4, -0.2) is 23.8 Å². The average Bonchev–Trinajstić information content (AvgIpc) is 2.38. The molecule has 0 radical (unpaired) electrons. The normalized spacial score (nSPS) is 12.0. The molecule has 1 unspecified atom stereocenters. The minimum absolute atomic E-state index is 0.00176. The van der Waals surface area contributed by atoms with E-state index in [-0.39, 0.29) is 31.0 Å². The molecule has 4 nitrogen and oxygen atoms in total. The predicted octanol–water partition coefficient (Wildman–Crippen LogP) is 2.09. The van der Waals surface area contributed by atoms with E-state index in [1.54, 1.807) is 19.1 Å². The van der Waals surface area contributed by atoms with Crippen molar-refractivity contribution in [2.45, 2.75) is 39.3 Å². The Labute approximate surface area is 113 Å². The van der Waals surface area contributed by atoms with Crippen molar-refractivity contribution in [3.8, 4) is 0 Å². The van der Waals surface area contributed by atoms with E-state index in [0.29, 0.717) is 12.0 Å². The molecule has 0 aliphatic carbocycles. The summed E-state index contributed by atoms with van der Waals surface area (Å²) >= 11 is 0. The Hall–Kier alpha value is -1.62. The molecule has 0 aliphatic heterocycles. The smallest absolute Gasteiger partial charge is 0.315 e. The van der Waals surface area contributed by atoms with Crippen molar-refractivity contribution in [1.82, 2.24) is 10.6 Å². The number of carbonyl (C=O) groups excluding carboxylic acids is 1. The first-order valence-corrected chi connectivity index (χ1v) is 6.43. The van der Waals surface area contributed by atoms with Crippen molar-refractivity contribution in [2.24, 2.45) is 0 Å². The minimum atomic E-state index is -0.286. The summed E-state index contributed by atoms with van der Waals surface area (Å²) in [5.41, 5.74) is 1.31. The Kier molecular flexibility index (Phi) is 6.29. The lowest BCUT2D eigenvalue weighted by Gasteiger charge is -2.14. The van der Waals surface area contributed by atoms with Gasteiger partial charge in [-0.25, -0.2) is 9.18 Å². The fraction of sp³-hybridized carbons (Fsp3) is 0.500. The Bertz CT molecular complexity index is 424. The van der Waals surface area contributed by atoms with Crippen molar-refractivity contribution >= 4 is 6.03 Å². The van der Waals surface area contributed by atoms with Crippen LogP contribution in [0.2, 0.25) is 0 Å². The molecular formula is C14H21FN2O2. The molecule has 3 N–H and O–H groups in total. The Morgan fingerprint density at radius 1 is 1.47 bits per heavy atom. The predicted molar refractivity (Wildman–Crippen MR) is 72.3 cm³/mol. The monoisotopic (exact) mass is 268 g/mol. The van der Waals surface area contributed by atoms with Crippen molar-refractivity contribution < 1.29 is 14.3 Å². The number of aliphatic hydroxyl groups excluding tert-OH is 1. The summed E-state index contributed by atoms with van der Waals surface area (Å²) in [6, 6.07) is 4.61. The molecule has 0 spiro atoms. The van der Waals surface area contributed by atoms with E-state index in [1.165, 1.54) is 6.07 Å². The summed E-state index contributed by atoms with van der Waals surface area (Å²) in [6.45, 7) is 3.98.